The van der Waals surface area contributed by atoms with Crippen LogP contribution in [0.3, 0.4) is 0 Å². The number of nitrogens with zero attached hydrogens (tertiary/aromatic N) is 1. The molecule has 2 aromatic carbocycles. The van der Waals surface area contributed by atoms with Crippen LogP contribution in [0.4, 0.5) is 10.5 Å². The lowest BCUT2D eigenvalue weighted by Gasteiger charge is -2.28. The standard InChI is InChI=1S/C35H45N5O8/c1-23(2)33(29(42)20-26(7-6-17-37-35(36)47)34(46)38-27-8-4-3-5-9-27)39-30(43)22-48-21-28(41)19-25-12-10-24(11-13-25)14-15-31(44)40-18-16-32(40)45/h3-5,8-13,23,26,33H,6-7,14-22H2,1-2H3,(H,38,46)(H,39,43)(H3,36,37,47)/t26-,33+/m1/s1. The molecular weight excluding hydrogens is 618 g/mol. The second kappa shape index (κ2) is 19.0. The second-order valence-corrected chi connectivity index (χ2v) is 12.2. The molecule has 5 N–H and O–H groups in total. The summed E-state index contributed by atoms with van der Waals surface area (Å²) in [6.45, 7) is 3.56. The number of nitrogens with two attached hydrogens (primary N) is 1. The Hall–Kier alpha value is -4.91. The quantitative estimate of drug-likeness (QED) is 0.122. The van der Waals surface area contributed by atoms with Gasteiger partial charge in [-0.25, -0.2) is 4.79 Å². The van der Waals surface area contributed by atoms with Gasteiger partial charge in [0.1, 0.15) is 13.2 Å². The Bertz CT molecular complexity index is 1440. The molecule has 13 heteroatoms. The van der Waals surface area contributed by atoms with Crippen molar-refractivity contribution >= 4 is 46.9 Å². The van der Waals surface area contributed by atoms with Crippen LogP contribution in [0.25, 0.3) is 0 Å². The Morgan fingerprint density at radius 1 is 0.938 bits per heavy atom. The van der Waals surface area contributed by atoms with Gasteiger partial charge >= 0.3 is 6.03 Å². The zero-order chi connectivity index (χ0) is 35.1. The van der Waals surface area contributed by atoms with E-state index in [1.807, 2.05) is 18.2 Å². The molecule has 1 heterocycles. The maximum Gasteiger partial charge on any atom is 0.312 e. The third-order valence-electron chi connectivity index (χ3n) is 7.92. The fourth-order valence-corrected chi connectivity index (χ4v) is 5.18. The van der Waals surface area contributed by atoms with Gasteiger partial charge in [0.05, 0.1) is 6.04 Å². The van der Waals surface area contributed by atoms with Crippen molar-refractivity contribution in [3.8, 4) is 0 Å². The molecule has 0 radical (unpaired) electrons. The van der Waals surface area contributed by atoms with Crippen LogP contribution in [0.2, 0.25) is 0 Å². The maximum atomic E-state index is 13.4. The third-order valence-corrected chi connectivity index (χ3v) is 7.92. The first-order valence-electron chi connectivity index (χ1n) is 16.1. The minimum absolute atomic E-state index is 0.0948. The van der Waals surface area contributed by atoms with Crippen molar-refractivity contribution in [1.82, 2.24) is 15.5 Å². The largest absolute Gasteiger partial charge is 0.364 e. The van der Waals surface area contributed by atoms with Crippen LogP contribution >= 0.6 is 0 Å². The summed E-state index contributed by atoms with van der Waals surface area (Å²) in [5, 5.41) is 7.98. The van der Waals surface area contributed by atoms with Crippen molar-refractivity contribution in [3.63, 3.8) is 0 Å². The number of ketones is 2. The Labute approximate surface area is 280 Å². The van der Waals surface area contributed by atoms with Crippen molar-refractivity contribution in [2.45, 2.75) is 64.8 Å². The number of anilines is 1. The second-order valence-electron chi connectivity index (χ2n) is 12.2. The lowest BCUT2D eigenvalue weighted by atomic mass is 9.89. The number of primary amides is 1. The minimum atomic E-state index is -0.882. The van der Waals surface area contributed by atoms with Gasteiger partial charge in [-0.1, -0.05) is 56.3 Å². The molecule has 0 bridgehead atoms. The van der Waals surface area contributed by atoms with Crippen LogP contribution in [0.5, 0.6) is 0 Å². The molecule has 0 saturated carbocycles. The molecule has 0 spiro atoms. The molecular formula is C35H45N5O8. The van der Waals surface area contributed by atoms with Crippen LogP contribution in [-0.2, 0) is 46.3 Å². The lowest BCUT2D eigenvalue weighted by molar-refractivity contribution is -0.152. The van der Waals surface area contributed by atoms with Crippen molar-refractivity contribution in [1.29, 1.82) is 0 Å². The molecule has 2 atom stereocenters. The van der Waals surface area contributed by atoms with E-state index in [1.165, 1.54) is 4.90 Å². The molecule has 0 aromatic heterocycles. The number of para-hydroxylation sites is 1. The van der Waals surface area contributed by atoms with E-state index in [1.54, 1.807) is 50.2 Å². The van der Waals surface area contributed by atoms with Crippen LogP contribution in [-0.4, -0.2) is 78.5 Å². The topological polar surface area (TPSA) is 194 Å². The summed E-state index contributed by atoms with van der Waals surface area (Å²) in [4.78, 5) is 87.4. The average molecular weight is 664 g/mol. The zero-order valence-corrected chi connectivity index (χ0v) is 27.5. The number of likely N-dealkylation sites (tertiary alicyclic amines) is 1. The molecule has 2 aromatic rings. The van der Waals surface area contributed by atoms with E-state index in [4.69, 9.17) is 10.5 Å². The Morgan fingerprint density at radius 3 is 2.23 bits per heavy atom. The molecule has 1 fully saturated rings. The molecule has 0 aliphatic carbocycles. The number of carbonyl (C=O) groups excluding carboxylic acids is 7. The van der Waals surface area contributed by atoms with E-state index >= 15 is 0 Å². The number of nitrogens with one attached hydrogen (secondary N) is 3. The SMILES string of the molecule is CC(C)[C@H](NC(=O)COCC(=O)Cc1ccc(CCC(=O)N2CCC2=O)cc1)C(=O)C[C@@H](CCCNC(N)=O)C(=O)Nc1ccccc1. The first-order valence-corrected chi connectivity index (χ1v) is 16.1. The normalized spacial score (nSPS) is 13.6. The van der Waals surface area contributed by atoms with Crippen molar-refractivity contribution < 1.29 is 38.3 Å². The number of urea groups is 1. The van der Waals surface area contributed by atoms with Gasteiger partial charge in [-0.3, -0.25) is 33.7 Å². The van der Waals surface area contributed by atoms with Gasteiger partial charge in [0, 0.05) is 50.4 Å². The number of β-lactam (4-membered cyclic amide) rings is 1. The highest BCUT2D eigenvalue weighted by Gasteiger charge is 2.30. The highest BCUT2D eigenvalue weighted by Crippen LogP contribution is 2.19. The smallest absolute Gasteiger partial charge is 0.312 e. The molecule has 1 aliphatic rings. The number of hydrogen-bond donors (Lipinski definition) is 4. The van der Waals surface area contributed by atoms with Gasteiger partial charge in [0.2, 0.25) is 23.6 Å². The summed E-state index contributed by atoms with van der Waals surface area (Å²) < 4.78 is 5.34. The van der Waals surface area contributed by atoms with Gasteiger partial charge in [-0.05, 0) is 48.4 Å². The number of imide groups is 1. The Balaban J connectivity index is 1.44. The van der Waals surface area contributed by atoms with Gasteiger partial charge < -0.3 is 26.4 Å². The minimum Gasteiger partial charge on any atom is -0.364 e. The van der Waals surface area contributed by atoms with E-state index in [0.29, 0.717) is 37.9 Å². The fraction of sp³-hybridized carbons (Fsp3) is 0.457. The molecule has 3 rings (SSSR count). The third kappa shape index (κ3) is 12.7. The highest BCUT2D eigenvalue weighted by molar-refractivity contribution is 5.99. The number of amides is 6. The Kier molecular flexibility index (Phi) is 14.9. The van der Waals surface area contributed by atoms with E-state index in [0.717, 1.165) is 11.1 Å². The molecule has 6 amide bonds. The monoisotopic (exact) mass is 663 g/mol. The van der Waals surface area contributed by atoms with Crippen LogP contribution in [0.1, 0.15) is 57.1 Å². The molecule has 48 heavy (non-hydrogen) atoms. The number of rotatable bonds is 20. The van der Waals surface area contributed by atoms with Crippen molar-refractivity contribution in [2.75, 3.05) is 31.6 Å². The number of aryl methyl sites for hydroxylation is 1. The highest BCUT2D eigenvalue weighted by atomic mass is 16.5. The lowest BCUT2D eigenvalue weighted by Crippen LogP contribution is -2.47. The summed E-state index contributed by atoms with van der Waals surface area (Å²) in [6, 6.07) is 14.5. The first kappa shape index (κ1) is 37.5. The van der Waals surface area contributed by atoms with Crippen LogP contribution in [0.15, 0.2) is 54.6 Å². The molecule has 1 saturated heterocycles. The fourth-order valence-electron chi connectivity index (χ4n) is 5.18. The van der Waals surface area contributed by atoms with Gasteiger partial charge in [0.25, 0.3) is 0 Å². The van der Waals surface area contributed by atoms with E-state index in [-0.39, 0.29) is 67.6 Å². The number of hydrogen-bond acceptors (Lipinski definition) is 8. The zero-order valence-electron chi connectivity index (χ0n) is 27.5. The number of ether oxygens (including phenoxy) is 1. The number of Topliss-reactive ketones (excluding diaryl/α,β-unsaturated/α-hetero) is 2. The number of benzene rings is 2. The van der Waals surface area contributed by atoms with Crippen molar-refractivity contribution in [3.05, 3.63) is 65.7 Å². The van der Waals surface area contributed by atoms with E-state index in [2.05, 4.69) is 16.0 Å². The Morgan fingerprint density at radius 2 is 1.62 bits per heavy atom. The first-order chi connectivity index (χ1) is 22.9. The molecule has 258 valence electrons. The average Bonchev–Trinajstić information content (AvgIpc) is 3.04. The molecule has 0 unspecified atom stereocenters. The van der Waals surface area contributed by atoms with Crippen LogP contribution in [0, 0.1) is 11.8 Å². The van der Waals surface area contributed by atoms with Gasteiger partial charge in [-0.15, -0.1) is 0 Å². The summed E-state index contributed by atoms with van der Waals surface area (Å²) in [5.41, 5.74) is 7.37. The summed E-state index contributed by atoms with van der Waals surface area (Å²) in [5.74, 6) is -2.80. The predicted octanol–water partition coefficient (Wildman–Crippen LogP) is 2.31. The van der Waals surface area contributed by atoms with Gasteiger partial charge in [-0.2, -0.15) is 0 Å². The predicted molar refractivity (Wildman–Crippen MR) is 177 cm³/mol. The molecule has 1 aliphatic heterocycles. The van der Waals surface area contributed by atoms with E-state index in [9.17, 15) is 33.6 Å². The summed E-state index contributed by atoms with van der Waals surface area (Å²) in [7, 11) is 0. The summed E-state index contributed by atoms with van der Waals surface area (Å²) >= 11 is 0. The molecule has 13 nitrogen and oxygen atoms in total. The number of carbonyl (C=O) groups is 7. The van der Waals surface area contributed by atoms with Crippen LogP contribution < -0.4 is 21.7 Å². The van der Waals surface area contributed by atoms with E-state index < -0.39 is 30.5 Å². The maximum absolute atomic E-state index is 13.4. The summed E-state index contributed by atoms with van der Waals surface area (Å²) in [6.07, 6.45) is 1.82. The van der Waals surface area contributed by atoms with Gasteiger partial charge in [0.15, 0.2) is 11.6 Å². The van der Waals surface area contributed by atoms with Crippen molar-refractivity contribution in [2.24, 2.45) is 17.6 Å².